The fourth-order valence-electron chi connectivity index (χ4n) is 2.09. The first-order chi connectivity index (χ1) is 11.2. The van der Waals surface area contributed by atoms with Gasteiger partial charge in [-0.3, -0.25) is 4.79 Å². The highest BCUT2D eigenvalue weighted by atomic mass is 16.5. The zero-order chi connectivity index (χ0) is 17.9. The average Bonchev–Trinajstić information content (AvgIpc) is 2.88. The van der Waals surface area contributed by atoms with Crippen LogP contribution in [0.2, 0.25) is 0 Å². The van der Waals surface area contributed by atoms with E-state index in [0.717, 1.165) is 5.69 Å². The van der Waals surface area contributed by atoms with Crippen molar-refractivity contribution in [3.63, 3.8) is 0 Å². The van der Waals surface area contributed by atoms with Crippen molar-refractivity contribution in [2.75, 3.05) is 11.9 Å². The van der Waals surface area contributed by atoms with E-state index in [1.807, 2.05) is 6.07 Å². The maximum absolute atomic E-state index is 12.0. The number of nitrogens with one attached hydrogen (secondary N) is 1. The Balaban J connectivity index is 2.29. The first-order valence-corrected chi connectivity index (χ1v) is 7.66. The molecule has 0 spiro atoms. The van der Waals surface area contributed by atoms with Gasteiger partial charge in [-0.1, -0.05) is 6.07 Å². The van der Waals surface area contributed by atoms with E-state index in [1.165, 1.54) is 6.20 Å². The van der Waals surface area contributed by atoms with E-state index in [0.29, 0.717) is 23.6 Å². The molecule has 1 heterocycles. The molecule has 0 saturated carbocycles. The zero-order valence-electron chi connectivity index (χ0n) is 14.3. The summed E-state index contributed by atoms with van der Waals surface area (Å²) in [5.74, 6) is -0.695. The number of benzene rings is 1. The second-order valence-corrected chi connectivity index (χ2v) is 6.00. The van der Waals surface area contributed by atoms with E-state index < -0.39 is 11.5 Å². The maximum Gasteiger partial charge on any atom is 0.341 e. The summed E-state index contributed by atoms with van der Waals surface area (Å²) in [7, 11) is 0. The Morgan fingerprint density at radius 3 is 2.71 bits per heavy atom. The molecule has 0 fully saturated rings. The zero-order valence-corrected chi connectivity index (χ0v) is 14.3. The number of esters is 1. The second kappa shape index (κ2) is 6.84. The number of hydrogen-bond acceptors (Lipinski definition) is 5. The molecule has 1 aromatic heterocycles. The Labute approximate surface area is 140 Å². The summed E-state index contributed by atoms with van der Waals surface area (Å²) in [6.45, 7) is 7.11. The Morgan fingerprint density at radius 1 is 1.38 bits per heavy atom. The lowest BCUT2D eigenvalue weighted by Crippen LogP contribution is -2.45. The molecular formula is C17H22N4O3. The normalized spacial score (nSPS) is 11.2. The molecule has 2 rings (SSSR count). The highest BCUT2D eigenvalue weighted by molar-refractivity contribution is 5.97. The van der Waals surface area contributed by atoms with Crippen LogP contribution in [0.1, 0.15) is 36.8 Å². The van der Waals surface area contributed by atoms with Crippen molar-refractivity contribution in [2.45, 2.75) is 33.2 Å². The second-order valence-electron chi connectivity index (χ2n) is 6.00. The summed E-state index contributed by atoms with van der Waals surface area (Å²) in [4.78, 5) is 23.9. The molecule has 0 aliphatic heterocycles. The molecule has 1 amide bonds. The number of nitrogens with zero attached hydrogens (tertiary/aromatic N) is 2. The van der Waals surface area contributed by atoms with Gasteiger partial charge in [-0.05, 0) is 45.9 Å². The van der Waals surface area contributed by atoms with E-state index in [4.69, 9.17) is 10.5 Å². The van der Waals surface area contributed by atoms with Crippen molar-refractivity contribution in [1.82, 2.24) is 9.78 Å². The van der Waals surface area contributed by atoms with Gasteiger partial charge in [0.05, 0.1) is 29.7 Å². The molecule has 0 aliphatic rings. The standard InChI is InChI=1S/C17H22N4O3/c1-5-24-15(22)14-10-19-21(11(14)2)13-8-6-7-12(9-13)20-16(23)17(3,4)18/h6-10H,5,18H2,1-4H3,(H,20,23). The van der Waals surface area contributed by atoms with Crippen molar-refractivity contribution >= 4 is 17.6 Å². The quantitative estimate of drug-likeness (QED) is 0.817. The minimum atomic E-state index is -0.977. The monoisotopic (exact) mass is 330 g/mol. The highest BCUT2D eigenvalue weighted by Crippen LogP contribution is 2.19. The number of aromatic nitrogens is 2. The van der Waals surface area contributed by atoms with Crippen LogP contribution >= 0.6 is 0 Å². The lowest BCUT2D eigenvalue weighted by Gasteiger charge is -2.18. The molecule has 3 N–H and O–H groups in total. The number of hydrogen-bond donors (Lipinski definition) is 2. The van der Waals surface area contributed by atoms with Gasteiger partial charge in [0, 0.05) is 5.69 Å². The van der Waals surface area contributed by atoms with Gasteiger partial charge in [-0.15, -0.1) is 0 Å². The van der Waals surface area contributed by atoms with Crippen LogP contribution in [-0.4, -0.2) is 33.8 Å². The van der Waals surface area contributed by atoms with Crippen molar-refractivity contribution in [1.29, 1.82) is 0 Å². The van der Waals surface area contributed by atoms with Crippen molar-refractivity contribution < 1.29 is 14.3 Å². The predicted molar refractivity (Wildman–Crippen MR) is 91.2 cm³/mol. The van der Waals surface area contributed by atoms with Gasteiger partial charge in [-0.2, -0.15) is 5.10 Å². The third kappa shape index (κ3) is 3.80. The van der Waals surface area contributed by atoms with E-state index in [-0.39, 0.29) is 5.91 Å². The van der Waals surface area contributed by atoms with E-state index in [9.17, 15) is 9.59 Å². The van der Waals surface area contributed by atoms with E-state index >= 15 is 0 Å². The molecule has 1 aromatic carbocycles. The van der Waals surface area contributed by atoms with Gasteiger partial charge in [0.1, 0.15) is 5.56 Å². The van der Waals surface area contributed by atoms with Crippen LogP contribution in [0.25, 0.3) is 5.69 Å². The smallest absolute Gasteiger partial charge is 0.341 e. The molecule has 24 heavy (non-hydrogen) atoms. The van der Waals surface area contributed by atoms with Crippen LogP contribution in [0.5, 0.6) is 0 Å². The number of carbonyl (C=O) groups excluding carboxylic acids is 2. The molecule has 0 atom stereocenters. The lowest BCUT2D eigenvalue weighted by molar-refractivity contribution is -0.120. The molecule has 128 valence electrons. The van der Waals surface area contributed by atoms with Crippen LogP contribution in [-0.2, 0) is 9.53 Å². The van der Waals surface area contributed by atoms with Crippen LogP contribution in [0, 0.1) is 6.92 Å². The van der Waals surface area contributed by atoms with Crippen LogP contribution in [0.3, 0.4) is 0 Å². The predicted octanol–water partition coefficient (Wildman–Crippen LogP) is 2.03. The first-order valence-electron chi connectivity index (χ1n) is 7.66. The van der Waals surface area contributed by atoms with Gasteiger partial charge in [0.25, 0.3) is 0 Å². The molecular weight excluding hydrogens is 308 g/mol. The van der Waals surface area contributed by atoms with Gasteiger partial charge in [-0.25, -0.2) is 9.48 Å². The molecule has 0 saturated heterocycles. The number of ether oxygens (including phenoxy) is 1. The summed E-state index contributed by atoms with van der Waals surface area (Å²) in [5, 5.41) is 7.00. The Bertz CT molecular complexity index is 759. The third-order valence-corrected chi connectivity index (χ3v) is 3.44. The minimum Gasteiger partial charge on any atom is -0.462 e. The molecule has 2 aromatic rings. The van der Waals surface area contributed by atoms with Crippen LogP contribution < -0.4 is 11.1 Å². The van der Waals surface area contributed by atoms with Crippen molar-refractivity contribution in [2.24, 2.45) is 5.73 Å². The molecule has 0 aliphatic carbocycles. The van der Waals surface area contributed by atoms with E-state index in [2.05, 4.69) is 10.4 Å². The van der Waals surface area contributed by atoms with Gasteiger partial charge >= 0.3 is 5.97 Å². The topological polar surface area (TPSA) is 99.2 Å². The fourth-order valence-corrected chi connectivity index (χ4v) is 2.09. The largest absolute Gasteiger partial charge is 0.462 e. The molecule has 0 unspecified atom stereocenters. The van der Waals surface area contributed by atoms with Gasteiger partial charge < -0.3 is 15.8 Å². The lowest BCUT2D eigenvalue weighted by atomic mass is 10.1. The first kappa shape index (κ1) is 17.7. The van der Waals surface area contributed by atoms with Crippen molar-refractivity contribution in [3.05, 3.63) is 41.7 Å². The number of anilines is 1. The SMILES string of the molecule is CCOC(=O)c1cnn(-c2cccc(NC(=O)C(C)(C)N)c2)c1C. The van der Waals surface area contributed by atoms with Crippen molar-refractivity contribution in [3.8, 4) is 5.69 Å². The summed E-state index contributed by atoms with van der Waals surface area (Å²) >= 11 is 0. The maximum atomic E-state index is 12.0. The van der Waals surface area contributed by atoms with Crippen LogP contribution in [0.15, 0.2) is 30.5 Å². The highest BCUT2D eigenvalue weighted by Gasteiger charge is 2.22. The Hall–Kier alpha value is -2.67. The summed E-state index contributed by atoms with van der Waals surface area (Å²) in [6, 6.07) is 7.15. The number of rotatable bonds is 5. The number of amides is 1. The van der Waals surface area contributed by atoms with E-state index in [1.54, 1.807) is 50.6 Å². The average molecular weight is 330 g/mol. The van der Waals surface area contributed by atoms with Crippen LogP contribution in [0.4, 0.5) is 5.69 Å². The fraction of sp³-hybridized carbons (Fsp3) is 0.353. The van der Waals surface area contributed by atoms with Gasteiger partial charge in [0.2, 0.25) is 5.91 Å². The molecule has 7 heteroatoms. The molecule has 7 nitrogen and oxygen atoms in total. The third-order valence-electron chi connectivity index (χ3n) is 3.44. The number of carbonyl (C=O) groups is 2. The minimum absolute atomic E-state index is 0.288. The summed E-state index contributed by atoms with van der Waals surface area (Å²) in [5.41, 5.74) is 7.20. The Morgan fingerprint density at radius 2 is 2.08 bits per heavy atom. The van der Waals surface area contributed by atoms with Gasteiger partial charge in [0.15, 0.2) is 0 Å². The molecule has 0 bridgehead atoms. The summed E-state index contributed by atoms with van der Waals surface area (Å²) < 4.78 is 6.63. The summed E-state index contributed by atoms with van der Waals surface area (Å²) in [6.07, 6.45) is 1.47. The molecule has 0 radical (unpaired) electrons. The number of nitrogens with two attached hydrogens (primary N) is 1. The Kier molecular flexibility index (Phi) is 5.04.